The van der Waals surface area contributed by atoms with Crippen molar-refractivity contribution in [1.82, 2.24) is 9.97 Å². The Labute approximate surface area is 105 Å². The summed E-state index contributed by atoms with van der Waals surface area (Å²) in [7, 11) is 1.81. The third-order valence-electron chi connectivity index (χ3n) is 2.18. The van der Waals surface area contributed by atoms with Gasteiger partial charge in [0.15, 0.2) is 0 Å². The van der Waals surface area contributed by atoms with Crippen LogP contribution in [0.5, 0.6) is 0 Å². The van der Waals surface area contributed by atoms with Crippen LogP contribution in [0.3, 0.4) is 0 Å². The van der Waals surface area contributed by atoms with Crippen LogP contribution >= 0.6 is 15.9 Å². The number of hydrogen-bond acceptors (Lipinski definition) is 4. The lowest BCUT2D eigenvalue weighted by molar-refractivity contribution is 0.538. The van der Waals surface area contributed by atoms with E-state index in [1.54, 1.807) is 6.20 Å². The maximum absolute atomic E-state index is 4.36. The molecule has 1 heterocycles. The summed E-state index contributed by atoms with van der Waals surface area (Å²) in [6.45, 7) is 6.59. The zero-order valence-electron chi connectivity index (χ0n) is 10.2. The lowest BCUT2D eigenvalue weighted by Crippen LogP contribution is -2.19. The highest BCUT2D eigenvalue weighted by Crippen LogP contribution is 2.21. The van der Waals surface area contributed by atoms with E-state index in [0.29, 0.717) is 17.9 Å². The Bertz CT molecular complexity index is 341. The first-order valence-electron chi connectivity index (χ1n) is 5.49. The first kappa shape index (κ1) is 13.2. The van der Waals surface area contributed by atoms with E-state index in [0.717, 1.165) is 16.7 Å². The fourth-order valence-corrected chi connectivity index (χ4v) is 1.89. The molecule has 0 amide bonds. The summed E-state index contributed by atoms with van der Waals surface area (Å²) in [5.41, 5.74) is 0. The number of hydrogen-bond donors (Lipinski definition) is 2. The summed E-state index contributed by atoms with van der Waals surface area (Å²) in [6, 6.07) is 0.399. The lowest BCUT2D eigenvalue weighted by atomic mass is 10.1. The number of halogens is 1. The van der Waals surface area contributed by atoms with E-state index in [1.165, 1.54) is 0 Å². The molecule has 0 bridgehead atoms. The molecule has 16 heavy (non-hydrogen) atoms. The van der Waals surface area contributed by atoms with Crippen molar-refractivity contribution in [1.29, 1.82) is 0 Å². The zero-order chi connectivity index (χ0) is 12.1. The van der Waals surface area contributed by atoms with E-state index in [4.69, 9.17) is 0 Å². The van der Waals surface area contributed by atoms with Crippen LogP contribution in [0.4, 0.5) is 11.8 Å². The molecule has 0 saturated heterocycles. The Morgan fingerprint density at radius 3 is 2.62 bits per heavy atom. The average Bonchev–Trinajstić information content (AvgIpc) is 2.20. The summed E-state index contributed by atoms with van der Waals surface area (Å²) in [6.07, 6.45) is 2.87. The summed E-state index contributed by atoms with van der Waals surface area (Å²) in [5, 5.41) is 6.30. The van der Waals surface area contributed by atoms with Crippen molar-refractivity contribution in [3.63, 3.8) is 0 Å². The molecule has 0 aromatic carbocycles. The molecule has 0 spiro atoms. The van der Waals surface area contributed by atoms with Gasteiger partial charge in [0.25, 0.3) is 0 Å². The number of nitrogens with one attached hydrogen (secondary N) is 2. The molecular weight excluding hydrogens is 268 g/mol. The Morgan fingerprint density at radius 1 is 1.38 bits per heavy atom. The minimum absolute atomic E-state index is 0.399. The molecule has 1 aromatic rings. The maximum Gasteiger partial charge on any atom is 0.224 e. The van der Waals surface area contributed by atoms with Gasteiger partial charge in [-0.1, -0.05) is 13.8 Å². The quantitative estimate of drug-likeness (QED) is 0.873. The van der Waals surface area contributed by atoms with E-state index in [2.05, 4.69) is 57.3 Å². The number of nitrogens with zero attached hydrogens (tertiary/aromatic N) is 2. The number of anilines is 2. The van der Waals surface area contributed by atoms with Crippen molar-refractivity contribution in [2.45, 2.75) is 33.2 Å². The Balaban J connectivity index is 2.71. The molecule has 0 saturated carbocycles. The van der Waals surface area contributed by atoms with Gasteiger partial charge in [0.2, 0.25) is 5.95 Å². The predicted molar refractivity (Wildman–Crippen MR) is 71.8 cm³/mol. The largest absolute Gasteiger partial charge is 0.367 e. The molecule has 4 nitrogen and oxygen atoms in total. The third-order valence-corrected chi connectivity index (χ3v) is 2.76. The molecule has 5 heteroatoms. The van der Waals surface area contributed by atoms with Gasteiger partial charge in [-0.25, -0.2) is 4.98 Å². The molecule has 0 radical (unpaired) electrons. The van der Waals surface area contributed by atoms with Crippen LogP contribution in [0.1, 0.15) is 27.2 Å². The zero-order valence-corrected chi connectivity index (χ0v) is 11.8. The molecule has 1 unspecified atom stereocenters. The topological polar surface area (TPSA) is 49.8 Å². The second-order valence-electron chi connectivity index (χ2n) is 4.32. The second-order valence-corrected chi connectivity index (χ2v) is 5.17. The minimum Gasteiger partial charge on any atom is -0.367 e. The summed E-state index contributed by atoms with van der Waals surface area (Å²) in [5.74, 6) is 2.14. The van der Waals surface area contributed by atoms with Crippen molar-refractivity contribution < 1.29 is 0 Å². The molecular formula is C11H19BrN4. The van der Waals surface area contributed by atoms with Gasteiger partial charge in [0.05, 0.1) is 4.47 Å². The van der Waals surface area contributed by atoms with Crippen LogP contribution in [0.2, 0.25) is 0 Å². The van der Waals surface area contributed by atoms with Gasteiger partial charge in [-0.15, -0.1) is 0 Å². The second kappa shape index (κ2) is 6.03. The Hall–Kier alpha value is -0.840. The first-order chi connectivity index (χ1) is 7.52. The molecule has 0 fully saturated rings. The van der Waals surface area contributed by atoms with Crippen molar-refractivity contribution >= 4 is 27.7 Å². The smallest absolute Gasteiger partial charge is 0.224 e. The van der Waals surface area contributed by atoms with E-state index in [-0.39, 0.29) is 0 Å². The Morgan fingerprint density at radius 2 is 2.06 bits per heavy atom. The normalized spacial score (nSPS) is 12.6. The van der Waals surface area contributed by atoms with Crippen LogP contribution < -0.4 is 10.6 Å². The fraction of sp³-hybridized carbons (Fsp3) is 0.636. The van der Waals surface area contributed by atoms with Gasteiger partial charge in [-0.3, -0.25) is 0 Å². The SMILES string of the molecule is CNc1ncc(Br)c(NC(C)CC(C)C)n1. The predicted octanol–water partition coefficient (Wildman–Crippen LogP) is 3.13. The molecule has 1 aromatic heterocycles. The molecule has 0 aliphatic heterocycles. The van der Waals surface area contributed by atoms with E-state index in [1.807, 2.05) is 7.05 Å². The minimum atomic E-state index is 0.399. The molecule has 1 rings (SSSR count). The summed E-state index contributed by atoms with van der Waals surface area (Å²) >= 11 is 3.44. The molecule has 0 aliphatic rings. The van der Waals surface area contributed by atoms with Crippen LogP contribution in [0, 0.1) is 5.92 Å². The number of rotatable bonds is 5. The third kappa shape index (κ3) is 3.96. The van der Waals surface area contributed by atoms with Crippen molar-refractivity contribution in [2.24, 2.45) is 5.92 Å². The van der Waals surface area contributed by atoms with Gasteiger partial charge in [0.1, 0.15) is 5.82 Å². The molecule has 2 N–H and O–H groups in total. The van der Waals surface area contributed by atoms with Gasteiger partial charge < -0.3 is 10.6 Å². The monoisotopic (exact) mass is 286 g/mol. The van der Waals surface area contributed by atoms with Crippen LogP contribution in [-0.2, 0) is 0 Å². The molecule has 90 valence electrons. The van der Waals surface area contributed by atoms with Crippen molar-refractivity contribution in [2.75, 3.05) is 17.7 Å². The Kier molecular flexibility index (Phi) is 4.99. The van der Waals surface area contributed by atoms with Gasteiger partial charge in [0, 0.05) is 19.3 Å². The average molecular weight is 287 g/mol. The van der Waals surface area contributed by atoms with E-state index in [9.17, 15) is 0 Å². The molecule has 1 atom stereocenters. The van der Waals surface area contributed by atoms with Gasteiger partial charge in [-0.2, -0.15) is 4.98 Å². The summed E-state index contributed by atoms with van der Waals surface area (Å²) in [4.78, 5) is 8.47. The van der Waals surface area contributed by atoms with Crippen molar-refractivity contribution in [3.8, 4) is 0 Å². The first-order valence-corrected chi connectivity index (χ1v) is 6.29. The summed E-state index contributed by atoms with van der Waals surface area (Å²) < 4.78 is 0.891. The van der Waals surface area contributed by atoms with Crippen molar-refractivity contribution in [3.05, 3.63) is 10.7 Å². The lowest BCUT2D eigenvalue weighted by Gasteiger charge is -2.17. The highest BCUT2D eigenvalue weighted by molar-refractivity contribution is 9.10. The standard InChI is InChI=1S/C11H19BrN4/c1-7(2)5-8(3)15-10-9(12)6-14-11(13-4)16-10/h6-8H,5H2,1-4H3,(H2,13,14,15,16). The van der Waals surface area contributed by atoms with Gasteiger partial charge >= 0.3 is 0 Å². The fourth-order valence-electron chi connectivity index (χ4n) is 1.59. The van der Waals surface area contributed by atoms with Crippen LogP contribution in [-0.4, -0.2) is 23.1 Å². The highest BCUT2D eigenvalue weighted by atomic mass is 79.9. The van der Waals surface area contributed by atoms with Crippen LogP contribution in [0.15, 0.2) is 10.7 Å². The number of aromatic nitrogens is 2. The maximum atomic E-state index is 4.36. The molecule has 0 aliphatic carbocycles. The van der Waals surface area contributed by atoms with E-state index >= 15 is 0 Å². The van der Waals surface area contributed by atoms with Crippen LogP contribution in [0.25, 0.3) is 0 Å². The van der Waals surface area contributed by atoms with E-state index < -0.39 is 0 Å². The van der Waals surface area contributed by atoms with Gasteiger partial charge in [-0.05, 0) is 35.2 Å². The highest BCUT2D eigenvalue weighted by Gasteiger charge is 2.09.